The molecule has 3 heterocycles. The van der Waals surface area contributed by atoms with E-state index in [2.05, 4.69) is 37.5 Å². The fourth-order valence-electron chi connectivity index (χ4n) is 3.78. The van der Waals surface area contributed by atoms with Crippen LogP contribution in [-0.2, 0) is 19.0 Å². The molecule has 0 unspecified atom stereocenters. The maximum atomic E-state index is 11.2. The Labute approximate surface area is 158 Å². The number of carbonyl (C=O) groups excluding carboxylic acids is 1. The third-order valence-electron chi connectivity index (χ3n) is 4.72. The molecule has 1 aliphatic carbocycles. The highest BCUT2D eigenvalue weighted by Crippen LogP contribution is 2.47. The number of halogens is 1. The number of rotatable bonds is 3. The molecule has 9 heteroatoms. The standard InChI is InChI=1S/C16H19IN4O4/c1-8(22)23-5-9-4-10(13-12(9)24-16(2,3)25-13)21-7-20-11-14(17)18-6-19-15(11)21/h6-7,9-10,12-13H,4-5H2,1-3H3/t9-,10-,12-,13-/m1/s1. The van der Waals surface area contributed by atoms with Crippen LogP contribution in [0.2, 0.25) is 0 Å². The summed E-state index contributed by atoms with van der Waals surface area (Å²) in [4.78, 5) is 24.3. The predicted molar refractivity (Wildman–Crippen MR) is 95.6 cm³/mol. The van der Waals surface area contributed by atoms with Gasteiger partial charge in [-0.1, -0.05) is 0 Å². The Balaban J connectivity index is 1.68. The fraction of sp³-hybridized carbons (Fsp3) is 0.625. The Morgan fingerprint density at radius 2 is 2.12 bits per heavy atom. The van der Waals surface area contributed by atoms with Crippen LogP contribution in [0, 0.1) is 9.62 Å². The van der Waals surface area contributed by atoms with Gasteiger partial charge in [0, 0.05) is 12.8 Å². The van der Waals surface area contributed by atoms with Crippen molar-refractivity contribution in [3.05, 3.63) is 16.4 Å². The van der Waals surface area contributed by atoms with E-state index in [1.54, 1.807) is 12.7 Å². The minimum absolute atomic E-state index is 0.0167. The van der Waals surface area contributed by atoms with Gasteiger partial charge >= 0.3 is 5.97 Å². The Morgan fingerprint density at radius 1 is 1.36 bits per heavy atom. The topological polar surface area (TPSA) is 88.4 Å². The Kier molecular flexibility index (Phi) is 4.19. The number of esters is 1. The average molecular weight is 458 g/mol. The monoisotopic (exact) mass is 458 g/mol. The molecule has 1 aliphatic heterocycles. The highest BCUT2D eigenvalue weighted by molar-refractivity contribution is 14.1. The van der Waals surface area contributed by atoms with E-state index in [4.69, 9.17) is 14.2 Å². The number of hydrogen-bond acceptors (Lipinski definition) is 7. The molecular weight excluding hydrogens is 439 g/mol. The summed E-state index contributed by atoms with van der Waals surface area (Å²) < 4.78 is 20.4. The third-order valence-corrected chi connectivity index (χ3v) is 5.51. The van der Waals surface area contributed by atoms with E-state index in [0.29, 0.717) is 6.61 Å². The molecule has 4 atom stereocenters. The van der Waals surface area contributed by atoms with E-state index in [1.165, 1.54) is 6.92 Å². The van der Waals surface area contributed by atoms with E-state index in [9.17, 15) is 4.79 Å². The quantitative estimate of drug-likeness (QED) is 0.396. The minimum Gasteiger partial charge on any atom is -0.465 e. The minimum atomic E-state index is -0.664. The van der Waals surface area contributed by atoms with Crippen molar-refractivity contribution in [1.82, 2.24) is 19.5 Å². The van der Waals surface area contributed by atoms with E-state index in [1.807, 2.05) is 18.4 Å². The zero-order chi connectivity index (χ0) is 17.8. The first-order valence-corrected chi connectivity index (χ1v) is 9.25. The van der Waals surface area contributed by atoms with Crippen molar-refractivity contribution in [3.63, 3.8) is 0 Å². The van der Waals surface area contributed by atoms with Crippen molar-refractivity contribution < 1.29 is 19.0 Å². The summed E-state index contributed by atoms with van der Waals surface area (Å²) in [5.41, 5.74) is 1.56. The van der Waals surface area contributed by atoms with E-state index < -0.39 is 5.79 Å². The van der Waals surface area contributed by atoms with E-state index in [0.717, 1.165) is 21.3 Å². The molecule has 0 bridgehead atoms. The number of aromatic nitrogens is 4. The number of carbonyl (C=O) groups is 1. The van der Waals surface area contributed by atoms with Gasteiger partial charge in [0.1, 0.15) is 21.6 Å². The van der Waals surface area contributed by atoms with Crippen LogP contribution >= 0.6 is 22.6 Å². The van der Waals surface area contributed by atoms with Gasteiger partial charge < -0.3 is 18.8 Å². The molecule has 4 rings (SSSR count). The predicted octanol–water partition coefficient (Wildman–Crippen LogP) is 2.08. The van der Waals surface area contributed by atoms with Gasteiger partial charge in [0.05, 0.1) is 25.1 Å². The number of ether oxygens (including phenoxy) is 3. The molecule has 0 aromatic carbocycles. The first-order chi connectivity index (χ1) is 11.9. The molecule has 2 fully saturated rings. The first-order valence-electron chi connectivity index (χ1n) is 8.18. The third kappa shape index (κ3) is 3.02. The van der Waals surface area contributed by atoms with Gasteiger partial charge in [0.2, 0.25) is 0 Å². The fourth-order valence-corrected chi connectivity index (χ4v) is 4.29. The summed E-state index contributed by atoms with van der Waals surface area (Å²) in [5, 5.41) is 0. The van der Waals surface area contributed by atoms with Crippen LogP contribution in [0.15, 0.2) is 12.7 Å². The highest BCUT2D eigenvalue weighted by atomic mass is 127. The van der Waals surface area contributed by atoms with Gasteiger partial charge in [-0.2, -0.15) is 0 Å². The molecule has 0 spiro atoms. The van der Waals surface area contributed by atoms with Crippen molar-refractivity contribution in [2.75, 3.05) is 6.61 Å². The molecular formula is C16H19IN4O4. The second-order valence-corrected chi connectivity index (χ2v) is 7.94. The number of hydrogen-bond donors (Lipinski definition) is 0. The van der Waals surface area contributed by atoms with E-state index in [-0.39, 0.29) is 30.1 Å². The van der Waals surface area contributed by atoms with Crippen molar-refractivity contribution in [3.8, 4) is 0 Å². The van der Waals surface area contributed by atoms with Gasteiger partial charge in [-0.15, -0.1) is 0 Å². The van der Waals surface area contributed by atoms with Crippen LogP contribution in [0.4, 0.5) is 0 Å². The highest BCUT2D eigenvalue weighted by Gasteiger charge is 2.55. The normalized spacial score (nSPS) is 30.6. The summed E-state index contributed by atoms with van der Waals surface area (Å²) in [5.74, 6) is -0.880. The number of fused-ring (bicyclic) bond motifs is 2. The number of nitrogens with zero attached hydrogens (tertiary/aromatic N) is 4. The zero-order valence-electron chi connectivity index (χ0n) is 14.2. The van der Waals surface area contributed by atoms with Crippen LogP contribution in [-0.4, -0.2) is 50.1 Å². The van der Waals surface area contributed by atoms with Gasteiger partial charge in [0.15, 0.2) is 11.4 Å². The van der Waals surface area contributed by atoms with Crippen LogP contribution < -0.4 is 0 Å². The summed E-state index contributed by atoms with van der Waals surface area (Å²) in [7, 11) is 0. The second-order valence-electron chi connectivity index (χ2n) is 6.92. The molecule has 1 saturated carbocycles. The lowest BCUT2D eigenvalue weighted by Gasteiger charge is -2.24. The van der Waals surface area contributed by atoms with Crippen molar-refractivity contribution in [2.24, 2.45) is 5.92 Å². The van der Waals surface area contributed by atoms with Gasteiger partial charge in [-0.05, 0) is 42.9 Å². The Bertz CT molecular complexity index is 824. The summed E-state index contributed by atoms with van der Waals surface area (Å²) in [6.07, 6.45) is 3.83. The number of imidazole rings is 1. The molecule has 1 saturated heterocycles. The van der Waals surface area contributed by atoms with Crippen LogP contribution in [0.25, 0.3) is 11.2 Å². The molecule has 2 aliphatic rings. The molecule has 25 heavy (non-hydrogen) atoms. The van der Waals surface area contributed by atoms with E-state index >= 15 is 0 Å². The van der Waals surface area contributed by atoms with Crippen molar-refractivity contribution >= 4 is 39.7 Å². The maximum absolute atomic E-state index is 11.2. The lowest BCUT2D eigenvalue weighted by molar-refractivity contribution is -0.164. The second kappa shape index (κ2) is 6.13. The summed E-state index contributed by atoms with van der Waals surface area (Å²) in [6, 6.07) is 0.0167. The lowest BCUT2D eigenvalue weighted by Crippen LogP contribution is -2.28. The molecule has 0 radical (unpaired) electrons. The van der Waals surface area contributed by atoms with Gasteiger partial charge in [-0.3, -0.25) is 4.79 Å². The van der Waals surface area contributed by atoms with Gasteiger partial charge in [0.25, 0.3) is 0 Å². The molecule has 0 N–H and O–H groups in total. The van der Waals surface area contributed by atoms with Crippen LogP contribution in [0.3, 0.4) is 0 Å². The summed E-state index contributed by atoms with van der Waals surface area (Å²) >= 11 is 2.16. The SMILES string of the molecule is CC(=O)OC[C@H]1C[C@@H](n2cnc3c(I)ncnc32)[C@H]2OC(C)(C)O[C@H]12. The molecule has 8 nitrogen and oxygen atoms in total. The Morgan fingerprint density at radius 3 is 2.88 bits per heavy atom. The van der Waals surface area contributed by atoms with Crippen LogP contribution in [0.1, 0.15) is 33.2 Å². The smallest absolute Gasteiger partial charge is 0.302 e. The Hall–Kier alpha value is -1.33. The zero-order valence-corrected chi connectivity index (χ0v) is 16.3. The maximum Gasteiger partial charge on any atom is 0.302 e. The van der Waals surface area contributed by atoms with Crippen LogP contribution in [0.5, 0.6) is 0 Å². The first kappa shape index (κ1) is 17.1. The van der Waals surface area contributed by atoms with Crippen molar-refractivity contribution in [1.29, 1.82) is 0 Å². The molecule has 0 amide bonds. The largest absolute Gasteiger partial charge is 0.465 e. The van der Waals surface area contributed by atoms with Gasteiger partial charge in [-0.25, -0.2) is 15.0 Å². The molecule has 2 aromatic heterocycles. The summed E-state index contributed by atoms with van der Waals surface area (Å²) in [6.45, 7) is 5.55. The van der Waals surface area contributed by atoms with Crippen molar-refractivity contribution in [2.45, 2.75) is 51.2 Å². The average Bonchev–Trinajstić information content (AvgIpc) is 3.17. The lowest BCUT2D eigenvalue weighted by atomic mass is 10.1. The molecule has 134 valence electrons. The molecule has 2 aromatic rings.